The summed E-state index contributed by atoms with van der Waals surface area (Å²) in [6.45, 7) is 8.73. The molecule has 28 heteroatoms. The highest BCUT2D eigenvalue weighted by Crippen LogP contribution is 2.23. The number of primary amides is 1. The van der Waals surface area contributed by atoms with Crippen molar-refractivity contribution in [2.45, 2.75) is 178 Å². The third kappa shape index (κ3) is 18.8. The van der Waals surface area contributed by atoms with Gasteiger partial charge in [-0.2, -0.15) is 0 Å². The molecule has 28 nitrogen and oxygen atoms in total. The lowest BCUT2D eigenvalue weighted by atomic mass is 10.0. The molecule has 0 spiro atoms. The zero-order valence-electron chi connectivity index (χ0n) is 46.3. The number of nitrogens with two attached hydrogens (primary N) is 3. The third-order valence-electron chi connectivity index (χ3n) is 14.0. The maximum atomic E-state index is 14.4. The Kier molecular flexibility index (Phi) is 25.0. The van der Waals surface area contributed by atoms with Crippen LogP contribution in [-0.4, -0.2) is 195 Å². The second-order valence-corrected chi connectivity index (χ2v) is 21.3. The van der Waals surface area contributed by atoms with Gasteiger partial charge in [0.2, 0.25) is 65.0 Å². The van der Waals surface area contributed by atoms with E-state index in [1.165, 1.54) is 18.7 Å². The van der Waals surface area contributed by atoms with Crippen molar-refractivity contribution in [2.24, 2.45) is 34.0 Å². The number of rotatable bonds is 29. The lowest BCUT2D eigenvalue weighted by molar-refractivity contribution is -0.145. The minimum absolute atomic E-state index is 0.0132. The average Bonchev–Trinajstić information content (AvgIpc) is 4.20. The van der Waals surface area contributed by atoms with Crippen molar-refractivity contribution in [3.8, 4) is 0 Å². The third-order valence-corrected chi connectivity index (χ3v) is 14.0. The van der Waals surface area contributed by atoms with Gasteiger partial charge in [0.25, 0.3) is 0 Å². The molecule has 0 radical (unpaired) electrons. The van der Waals surface area contributed by atoms with E-state index in [0.717, 1.165) is 4.90 Å². The van der Waals surface area contributed by atoms with Gasteiger partial charge in [0.1, 0.15) is 60.4 Å². The monoisotopic (exact) mass is 1130 g/mol. The van der Waals surface area contributed by atoms with Gasteiger partial charge in [-0.3, -0.25) is 57.7 Å². The molecule has 17 N–H and O–H groups in total. The number of likely N-dealkylation sites (tertiary alicyclic amines) is 2. The number of carbonyl (C=O) groups excluding carboxylic acids is 11. The quantitative estimate of drug-likeness (QED) is 0.0203. The summed E-state index contributed by atoms with van der Waals surface area (Å²) in [5, 5.41) is 52.3. The predicted octanol–water partition coefficient (Wildman–Crippen LogP) is -5.12. The van der Waals surface area contributed by atoms with Crippen LogP contribution < -0.4 is 59.7 Å². The molecule has 3 aliphatic rings. The van der Waals surface area contributed by atoms with Crippen LogP contribution >= 0.6 is 0 Å². The van der Waals surface area contributed by atoms with E-state index in [1.807, 2.05) is 13.8 Å². The van der Waals surface area contributed by atoms with Crippen LogP contribution in [0, 0.1) is 11.8 Å². The summed E-state index contributed by atoms with van der Waals surface area (Å²) < 4.78 is 0. The molecule has 0 bridgehead atoms. The number of aliphatic imine (C=N–C) groups is 1. The summed E-state index contributed by atoms with van der Waals surface area (Å²) in [7, 11) is 0. The number of hydrogen-bond donors (Lipinski definition) is 14. The van der Waals surface area contributed by atoms with E-state index >= 15 is 0 Å². The number of nitrogens with one attached hydrogen (secondary N) is 8. The number of aliphatic hydroxyl groups is 3. The minimum Gasteiger partial charge on any atom is -0.394 e. The van der Waals surface area contributed by atoms with Gasteiger partial charge < -0.3 is 84.9 Å². The Morgan fingerprint density at radius 1 is 0.637 bits per heavy atom. The largest absolute Gasteiger partial charge is 0.394 e. The first-order chi connectivity index (χ1) is 37.7. The lowest BCUT2D eigenvalue weighted by Crippen LogP contribution is -2.63. The van der Waals surface area contributed by atoms with Crippen LogP contribution in [0.15, 0.2) is 35.3 Å². The van der Waals surface area contributed by atoms with Gasteiger partial charge >= 0.3 is 0 Å². The summed E-state index contributed by atoms with van der Waals surface area (Å²) in [4.78, 5) is 155. The fourth-order valence-corrected chi connectivity index (χ4v) is 9.66. The molecular weight excluding hydrogens is 1040 g/mol. The van der Waals surface area contributed by atoms with Gasteiger partial charge in [-0.25, -0.2) is 0 Å². The van der Waals surface area contributed by atoms with E-state index in [1.54, 1.807) is 44.2 Å². The minimum atomic E-state index is -1.72. The molecule has 1 aromatic carbocycles. The molecule has 444 valence electrons. The molecule has 0 unspecified atom stereocenters. The van der Waals surface area contributed by atoms with Crippen LogP contribution in [0.3, 0.4) is 0 Å². The topological polar surface area (TPSA) is 442 Å². The molecule has 3 fully saturated rings. The second-order valence-electron chi connectivity index (χ2n) is 21.3. The van der Waals surface area contributed by atoms with Crippen LogP contribution in [0.5, 0.6) is 0 Å². The van der Waals surface area contributed by atoms with E-state index in [0.29, 0.717) is 18.4 Å². The normalized spacial score (nSPS) is 20.3. The highest BCUT2D eigenvalue weighted by molar-refractivity contribution is 6.00. The summed E-state index contributed by atoms with van der Waals surface area (Å²) >= 11 is 0. The fourth-order valence-electron chi connectivity index (χ4n) is 9.66. The van der Waals surface area contributed by atoms with Gasteiger partial charge in [0, 0.05) is 32.5 Å². The smallest absolute Gasteiger partial charge is 0.248 e. The number of hydrogen-bond acceptors (Lipinski definition) is 15. The SMILES string of the molecule is CC(C)C[C@H](NC(=O)[C@H](CCCN=C(N)N)NC(=O)[C@@H]1CCCN1C(=O)[C@@H](NC(=O)[C@H](Cc1ccccc1)NC(=O)[C@@H](NC(=O)[C@@H]1CCCN1C(=O)[C@@H](NC(=O)[C@H](CO)NC(=O)[C@@H]1CCC(=O)N1)C(C)C)[C@@H](C)O)[C@@H](C)O)C(N)=O. The molecule has 3 heterocycles. The molecule has 1 aromatic rings. The van der Waals surface area contributed by atoms with E-state index in [4.69, 9.17) is 17.2 Å². The fraction of sp³-hybridized carbons (Fsp3) is 0.654. The van der Waals surface area contributed by atoms with E-state index in [2.05, 4.69) is 47.5 Å². The maximum absolute atomic E-state index is 14.4. The lowest BCUT2D eigenvalue weighted by Gasteiger charge is -2.33. The van der Waals surface area contributed by atoms with Gasteiger partial charge in [-0.1, -0.05) is 58.0 Å². The number of guanidine groups is 1. The summed E-state index contributed by atoms with van der Waals surface area (Å²) in [6, 6.07) is -4.84. The standard InChI is InChI=1S/C52H82N14O14/c1-26(2)23-33(42(53)71)59-43(72)31(15-10-20-56-52(54)55)58-47(76)36-16-11-22-66(36)51(80)41(29(6)69)64-45(74)34(24-30-13-8-7-9-14-30)60-49(78)40(28(5)68)63-48(77)37-17-12-21-65(37)50(79)39(27(3)4)62-46(75)35(25-67)61-44(73)32-18-19-38(70)57-32/h7-9,13-14,26-29,31-37,39-41,67-69H,10-12,15-25H2,1-6H3,(H2,53,71)(H,57,70)(H,58,76)(H,59,72)(H,60,78)(H,61,73)(H,62,75)(H,63,77)(H,64,74)(H4,54,55,56)/t28-,29-,31+,32+,33+,34+,35+,36+,37+,39+,40+,41+/m1/s1. The van der Waals surface area contributed by atoms with Crippen molar-refractivity contribution in [3.63, 3.8) is 0 Å². The van der Waals surface area contributed by atoms with Crippen molar-refractivity contribution >= 4 is 70.9 Å². The number of amides is 11. The number of aliphatic hydroxyl groups excluding tert-OH is 3. The van der Waals surface area contributed by atoms with E-state index < -0.39 is 144 Å². The predicted molar refractivity (Wildman–Crippen MR) is 288 cm³/mol. The molecule has 12 atom stereocenters. The summed E-state index contributed by atoms with van der Waals surface area (Å²) in [5.41, 5.74) is 17.0. The van der Waals surface area contributed by atoms with Crippen molar-refractivity contribution in [1.82, 2.24) is 52.3 Å². The first-order valence-electron chi connectivity index (χ1n) is 27.1. The van der Waals surface area contributed by atoms with Crippen LogP contribution in [-0.2, 0) is 59.2 Å². The molecule has 3 saturated heterocycles. The molecule has 4 rings (SSSR count). The van der Waals surface area contributed by atoms with Gasteiger partial charge in [0.05, 0.1) is 18.8 Å². The Balaban J connectivity index is 1.50. The zero-order valence-corrected chi connectivity index (χ0v) is 46.3. The second kappa shape index (κ2) is 30.8. The Morgan fingerprint density at radius 2 is 1.16 bits per heavy atom. The summed E-state index contributed by atoms with van der Waals surface area (Å²) in [5.74, 6) is -9.37. The van der Waals surface area contributed by atoms with Gasteiger partial charge in [-0.15, -0.1) is 0 Å². The molecule has 80 heavy (non-hydrogen) atoms. The van der Waals surface area contributed by atoms with Crippen LogP contribution in [0.2, 0.25) is 0 Å². The number of nitrogens with zero attached hydrogens (tertiary/aromatic N) is 3. The Bertz CT molecular complexity index is 2400. The Hall–Kier alpha value is -7.46. The molecule has 0 saturated carbocycles. The van der Waals surface area contributed by atoms with Crippen molar-refractivity contribution in [3.05, 3.63) is 35.9 Å². The molecular formula is C52H82N14O14. The Morgan fingerprint density at radius 3 is 1.68 bits per heavy atom. The summed E-state index contributed by atoms with van der Waals surface area (Å²) in [6.07, 6.45) is -1.68. The van der Waals surface area contributed by atoms with Crippen molar-refractivity contribution in [2.75, 3.05) is 26.2 Å². The zero-order chi connectivity index (χ0) is 59.5. The van der Waals surface area contributed by atoms with Crippen LogP contribution in [0.25, 0.3) is 0 Å². The average molecular weight is 1130 g/mol. The van der Waals surface area contributed by atoms with Crippen molar-refractivity contribution in [1.29, 1.82) is 0 Å². The van der Waals surface area contributed by atoms with Gasteiger partial charge in [0.15, 0.2) is 5.96 Å². The van der Waals surface area contributed by atoms with Crippen LogP contribution in [0.4, 0.5) is 0 Å². The molecule has 0 aromatic heterocycles. The van der Waals surface area contributed by atoms with Crippen LogP contribution in [0.1, 0.15) is 105 Å². The number of carbonyl (C=O) groups is 11. The van der Waals surface area contributed by atoms with E-state index in [-0.39, 0.29) is 88.8 Å². The highest BCUT2D eigenvalue weighted by atomic mass is 16.3. The first kappa shape index (κ1) is 65.1. The number of benzene rings is 1. The highest BCUT2D eigenvalue weighted by Gasteiger charge is 2.44. The maximum Gasteiger partial charge on any atom is 0.248 e. The molecule has 0 aliphatic carbocycles. The van der Waals surface area contributed by atoms with Gasteiger partial charge in [-0.05, 0) is 82.6 Å². The molecule has 11 amide bonds. The molecule has 3 aliphatic heterocycles. The first-order valence-corrected chi connectivity index (χ1v) is 27.1. The Labute approximate surface area is 464 Å². The van der Waals surface area contributed by atoms with E-state index in [9.17, 15) is 68.1 Å². The van der Waals surface area contributed by atoms with Crippen molar-refractivity contribution < 1.29 is 68.1 Å².